The van der Waals surface area contributed by atoms with Crippen LogP contribution in [0.15, 0.2) is 140 Å². The van der Waals surface area contributed by atoms with Crippen molar-refractivity contribution < 1.29 is 0 Å². The van der Waals surface area contributed by atoms with Crippen LogP contribution in [-0.4, -0.2) is 0 Å². The van der Waals surface area contributed by atoms with Crippen LogP contribution in [0.2, 0.25) is 0 Å². The summed E-state index contributed by atoms with van der Waals surface area (Å²) in [5.74, 6) is 0. The van der Waals surface area contributed by atoms with Gasteiger partial charge in [0.05, 0.1) is 0 Å². The maximum atomic E-state index is 2.52. The van der Waals surface area contributed by atoms with E-state index in [2.05, 4.69) is 174 Å². The molecule has 0 radical (unpaired) electrons. The lowest BCUT2D eigenvalue weighted by Gasteiger charge is -2.23. The molecular formula is C48H38. The van der Waals surface area contributed by atoms with Crippen molar-refractivity contribution in [1.29, 1.82) is 0 Å². The molecule has 8 aromatic rings. The van der Waals surface area contributed by atoms with Crippen LogP contribution < -0.4 is 0 Å². The van der Waals surface area contributed by atoms with Crippen LogP contribution in [0, 0.1) is 13.8 Å². The maximum absolute atomic E-state index is 2.52. The lowest BCUT2D eigenvalue weighted by atomic mass is 9.80. The molecular weight excluding hydrogens is 577 g/mol. The Kier molecular flexibility index (Phi) is 6.30. The Bertz CT molecular complexity index is 2520. The Morgan fingerprint density at radius 1 is 0.375 bits per heavy atom. The first kappa shape index (κ1) is 28.7. The molecule has 1 aliphatic rings. The molecule has 9 rings (SSSR count). The molecule has 0 saturated heterocycles. The summed E-state index contributed by atoms with van der Waals surface area (Å²) in [6, 6.07) is 52.5. The van der Waals surface area contributed by atoms with E-state index in [1.165, 1.54) is 105 Å². The summed E-state index contributed by atoms with van der Waals surface area (Å²) in [5.41, 5.74) is 17.0. The molecule has 0 amide bonds. The van der Waals surface area contributed by atoms with Gasteiger partial charge in [-0.2, -0.15) is 0 Å². The Morgan fingerprint density at radius 2 is 0.979 bits per heavy atom. The van der Waals surface area contributed by atoms with Crippen molar-refractivity contribution in [2.24, 2.45) is 0 Å². The molecule has 0 heterocycles. The summed E-state index contributed by atoms with van der Waals surface area (Å²) in [7, 11) is 0. The van der Waals surface area contributed by atoms with Crippen molar-refractivity contribution in [1.82, 2.24) is 0 Å². The fraction of sp³-hybridized carbons (Fsp3) is 0.125. The van der Waals surface area contributed by atoms with Gasteiger partial charge in [-0.25, -0.2) is 0 Å². The zero-order valence-electron chi connectivity index (χ0n) is 28.3. The average Bonchev–Trinajstić information content (AvgIpc) is 3.42. The second-order valence-corrected chi connectivity index (χ2v) is 14.6. The summed E-state index contributed by atoms with van der Waals surface area (Å²) >= 11 is 0. The quantitative estimate of drug-likeness (QED) is 0.174. The molecule has 1 aliphatic carbocycles. The Balaban J connectivity index is 1.48. The van der Waals surface area contributed by atoms with Gasteiger partial charge in [-0.15, -0.1) is 0 Å². The predicted molar refractivity (Wildman–Crippen MR) is 208 cm³/mol. The van der Waals surface area contributed by atoms with Crippen molar-refractivity contribution in [2.75, 3.05) is 0 Å². The van der Waals surface area contributed by atoms with Crippen LogP contribution in [0.4, 0.5) is 0 Å². The number of hydrogen-bond donors (Lipinski definition) is 0. The Hall–Kier alpha value is -5.46. The number of rotatable bonds is 3. The van der Waals surface area contributed by atoms with Crippen LogP contribution in [0.25, 0.3) is 88.0 Å². The van der Waals surface area contributed by atoms with Crippen LogP contribution in [0.3, 0.4) is 0 Å². The third-order valence-electron chi connectivity index (χ3n) is 10.5. The minimum atomic E-state index is 0.0159. The molecule has 0 aromatic heterocycles. The van der Waals surface area contributed by atoms with E-state index in [-0.39, 0.29) is 5.41 Å². The highest BCUT2D eigenvalue weighted by molar-refractivity contribution is 6.29. The first-order chi connectivity index (χ1) is 23.3. The normalized spacial score (nSPS) is 12.3. The molecule has 0 nitrogen and oxygen atoms in total. The molecule has 8 aromatic carbocycles. The number of aryl methyl sites for hydroxylation is 2. The molecule has 0 fully saturated rings. The van der Waals surface area contributed by atoms with Crippen LogP contribution >= 0.6 is 0 Å². The van der Waals surface area contributed by atoms with E-state index >= 15 is 0 Å². The Labute approximate surface area is 283 Å². The molecule has 0 atom stereocenters. The lowest BCUT2D eigenvalue weighted by Crippen LogP contribution is -2.10. The van der Waals surface area contributed by atoms with Gasteiger partial charge < -0.3 is 0 Å². The van der Waals surface area contributed by atoms with E-state index in [9.17, 15) is 0 Å². The molecule has 0 aliphatic heterocycles. The molecule has 0 bridgehead atoms. The maximum Gasteiger partial charge on any atom is -0.00198 e. The van der Waals surface area contributed by atoms with Gasteiger partial charge in [0.15, 0.2) is 0 Å². The third kappa shape index (κ3) is 4.29. The minimum absolute atomic E-state index is 0.0159. The summed E-state index contributed by atoms with van der Waals surface area (Å²) in [6.45, 7) is 11.4. The van der Waals surface area contributed by atoms with Gasteiger partial charge in [0, 0.05) is 0 Å². The fourth-order valence-electron chi connectivity index (χ4n) is 8.30. The summed E-state index contributed by atoms with van der Waals surface area (Å²) < 4.78 is 0. The monoisotopic (exact) mass is 614 g/mol. The zero-order valence-corrected chi connectivity index (χ0v) is 28.3. The molecule has 0 spiro atoms. The van der Waals surface area contributed by atoms with E-state index < -0.39 is 0 Å². The van der Waals surface area contributed by atoms with Crippen LogP contribution in [0.5, 0.6) is 0 Å². The highest BCUT2D eigenvalue weighted by atomic mass is 14.3. The topological polar surface area (TPSA) is 0 Å². The van der Waals surface area contributed by atoms with Crippen molar-refractivity contribution in [3.63, 3.8) is 0 Å². The Morgan fingerprint density at radius 3 is 1.65 bits per heavy atom. The van der Waals surface area contributed by atoms with E-state index in [0.29, 0.717) is 0 Å². The van der Waals surface area contributed by atoms with Crippen molar-refractivity contribution in [3.8, 4) is 55.6 Å². The second kappa shape index (κ2) is 10.5. The van der Waals surface area contributed by atoms with Crippen LogP contribution in [0.1, 0.15) is 37.5 Å². The third-order valence-corrected chi connectivity index (χ3v) is 10.5. The first-order valence-corrected chi connectivity index (χ1v) is 17.1. The van der Waals surface area contributed by atoms with Crippen LogP contribution in [-0.2, 0) is 5.41 Å². The fourth-order valence-corrected chi connectivity index (χ4v) is 8.30. The lowest BCUT2D eigenvalue weighted by molar-refractivity contribution is 0.591. The van der Waals surface area contributed by atoms with E-state index in [0.717, 1.165) is 0 Å². The van der Waals surface area contributed by atoms with E-state index in [1.54, 1.807) is 0 Å². The first-order valence-electron chi connectivity index (χ1n) is 17.1. The van der Waals surface area contributed by atoms with Crippen molar-refractivity contribution in [3.05, 3.63) is 156 Å². The average molecular weight is 615 g/mol. The number of benzene rings is 8. The molecule has 0 saturated carbocycles. The van der Waals surface area contributed by atoms with E-state index in [1.807, 2.05) is 0 Å². The van der Waals surface area contributed by atoms with Gasteiger partial charge in [-0.3, -0.25) is 0 Å². The zero-order chi connectivity index (χ0) is 32.7. The summed E-state index contributed by atoms with van der Waals surface area (Å²) in [4.78, 5) is 0. The van der Waals surface area contributed by atoms with E-state index in [4.69, 9.17) is 0 Å². The smallest absolute Gasteiger partial charge is 0.00198 e. The molecule has 0 N–H and O–H groups in total. The summed E-state index contributed by atoms with van der Waals surface area (Å²) in [6.07, 6.45) is 0. The SMILES string of the molecule is Cc1cc(C)c2c(c1)-c1cc3c4ccc(C(C)(C)C)cc4c(-c4c(-c5ccccc5)cccc4-c4ccccc4)cc3c3cccc-2c13. The van der Waals surface area contributed by atoms with Gasteiger partial charge in [0.2, 0.25) is 0 Å². The highest BCUT2D eigenvalue weighted by Crippen LogP contribution is 2.53. The molecule has 230 valence electrons. The largest absolute Gasteiger partial charge is 0.0622 e. The molecule has 0 heteroatoms. The standard InChI is InChI=1S/C48H38/c1-29-24-30(2)45-38-21-13-20-37-41-28-43(46-34(31-14-8-6-9-15-31)18-12-19-35(46)32-16-10-7-11-17-32)39-26-33(48(3,4)5)22-23-36(39)40(41)27-44(47(37)38)42(45)25-29/h6-28H,1-5H3. The van der Waals surface area contributed by atoms with Gasteiger partial charge in [-0.1, -0.05) is 148 Å². The highest BCUT2D eigenvalue weighted by Gasteiger charge is 2.27. The van der Waals surface area contributed by atoms with Gasteiger partial charge in [0.25, 0.3) is 0 Å². The second-order valence-electron chi connectivity index (χ2n) is 14.6. The van der Waals surface area contributed by atoms with Crippen molar-refractivity contribution >= 4 is 32.3 Å². The number of hydrogen-bond acceptors (Lipinski definition) is 0. The minimum Gasteiger partial charge on any atom is -0.0622 e. The predicted octanol–water partition coefficient (Wildman–Crippen LogP) is 13.7. The van der Waals surface area contributed by atoms with Gasteiger partial charge >= 0.3 is 0 Å². The molecule has 0 unspecified atom stereocenters. The number of fused-ring (bicyclic) bond motifs is 7. The molecule has 48 heavy (non-hydrogen) atoms. The summed E-state index contributed by atoms with van der Waals surface area (Å²) in [5, 5.41) is 7.94. The van der Waals surface area contributed by atoms with Gasteiger partial charge in [0.1, 0.15) is 0 Å². The van der Waals surface area contributed by atoms with Crippen molar-refractivity contribution in [2.45, 2.75) is 40.0 Å². The van der Waals surface area contributed by atoms with Gasteiger partial charge in [-0.05, 0) is 137 Å².